The maximum atomic E-state index is 12.8. The summed E-state index contributed by atoms with van der Waals surface area (Å²) in [5.41, 5.74) is 8.60. The van der Waals surface area contributed by atoms with Crippen LogP contribution >= 0.6 is 0 Å². The Morgan fingerprint density at radius 3 is 2.71 bits per heavy atom. The number of hydrogen-bond acceptors (Lipinski definition) is 6. The summed E-state index contributed by atoms with van der Waals surface area (Å²) in [7, 11) is 0. The molecule has 3 rings (SSSR count). The van der Waals surface area contributed by atoms with Gasteiger partial charge in [0.25, 0.3) is 0 Å². The molecule has 0 aliphatic carbocycles. The van der Waals surface area contributed by atoms with E-state index in [0.717, 1.165) is 37.4 Å². The van der Waals surface area contributed by atoms with Crippen molar-refractivity contribution < 1.29 is 14.3 Å². The van der Waals surface area contributed by atoms with Crippen LogP contribution in [0.2, 0.25) is 0 Å². The lowest BCUT2D eigenvalue weighted by Crippen LogP contribution is -2.51. The molecule has 2 aliphatic heterocycles. The molecule has 1 aromatic rings. The molecule has 4 N–H and O–H groups in total. The predicted molar refractivity (Wildman–Crippen MR) is 124 cm³/mol. The molecule has 2 amide bonds. The van der Waals surface area contributed by atoms with Gasteiger partial charge in [-0.2, -0.15) is 0 Å². The number of fused-ring (bicyclic) bond motifs is 1. The third-order valence-electron chi connectivity index (χ3n) is 6.08. The number of nitrogens with zero attached hydrogens (tertiary/aromatic N) is 2. The van der Waals surface area contributed by atoms with E-state index in [9.17, 15) is 9.59 Å². The summed E-state index contributed by atoms with van der Waals surface area (Å²) in [4.78, 5) is 28.5. The zero-order valence-electron chi connectivity index (χ0n) is 19.2. The summed E-state index contributed by atoms with van der Waals surface area (Å²) in [5, 5.41) is 6.95. The van der Waals surface area contributed by atoms with Crippen molar-refractivity contribution in [3.8, 4) is 0 Å². The highest BCUT2D eigenvalue weighted by atomic mass is 16.6. The lowest BCUT2D eigenvalue weighted by atomic mass is 9.95. The minimum absolute atomic E-state index is 0.0411. The van der Waals surface area contributed by atoms with Gasteiger partial charge in [-0.3, -0.25) is 9.69 Å². The molecule has 0 saturated carbocycles. The number of nitrogens with two attached hydrogens (primary N) is 1. The quantitative estimate of drug-likeness (QED) is 0.611. The Morgan fingerprint density at radius 1 is 1.32 bits per heavy atom. The maximum absolute atomic E-state index is 12.8. The van der Waals surface area contributed by atoms with Crippen molar-refractivity contribution in [2.75, 3.05) is 49.1 Å². The smallest absolute Gasteiger partial charge is 0.414 e. The second-order valence-corrected chi connectivity index (χ2v) is 8.98. The highest BCUT2D eigenvalue weighted by Gasteiger charge is 2.35. The fraction of sp³-hybridized carbons (Fsp3) is 0.652. The van der Waals surface area contributed by atoms with Gasteiger partial charge in [-0.15, -0.1) is 0 Å². The SMILES string of the molecule is CC(=O)N1c2ccc(C(CN)CNC[C@H]3CCNC3)cc2N(C(=O)OC(C)C)C[C@@H]1C. The molecule has 1 saturated heterocycles. The first-order valence-electron chi connectivity index (χ1n) is 11.3. The Balaban J connectivity index is 1.84. The molecule has 0 aromatic heterocycles. The van der Waals surface area contributed by atoms with Crippen LogP contribution in [-0.4, -0.2) is 63.4 Å². The summed E-state index contributed by atoms with van der Waals surface area (Å²) in [6.45, 7) is 11.9. The van der Waals surface area contributed by atoms with Crippen LogP contribution in [0.15, 0.2) is 18.2 Å². The minimum atomic E-state index is -0.389. The molecule has 1 aromatic carbocycles. The van der Waals surface area contributed by atoms with Crippen LogP contribution < -0.4 is 26.2 Å². The van der Waals surface area contributed by atoms with Gasteiger partial charge in [-0.25, -0.2) is 4.79 Å². The number of carbonyl (C=O) groups excluding carboxylic acids is 2. The summed E-state index contributed by atoms with van der Waals surface area (Å²) in [6, 6.07) is 5.81. The van der Waals surface area contributed by atoms with Crippen molar-refractivity contribution in [1.29, 1.82) is 0 Å². The average Bonchev–Trinajstić information content (AvgIpc) is 3.23. The molecule has 0 bridgehead atoms. The summed E-state index contributed by atoms with van der Waals surface area (Å²) in [6.07, 6.45) is 0.594. The molecule has 2 heterocycles. The Bertz CT molecular complexity index is 778. The predicted octanol–water partition coefficient (Wildman–Crippen LogP) is 2.03. The van der Waals surface area contributed by atoms with E-state index in [-0.39, 0.29) is 30.1 Å². The largest absolute Gasteiger partial charge is 0.446 e. The molecule has 172 valence electrons. The summed E-state index contributed by atoms with van der Waals surface area (Å²) in [5.74, 6) is 0.738. The van der Waals surface area contributed by atoms with E-state index < -0.39 is 0 Å². The number of ether oxygens (including phenoxy) is 1. The van der Waals surface area contributed by atoms with Crippen LogP contribution in [0.25, 0.3) is 0 Å². The van der Waals surface area contributed by atoms with Gasteiger partial charge < -0.3 is 26.0 Å². The third kappa shape index (κ3) is 5.56. The van der Waals surface area contributed by atoms with Crippen LogP contribution in [0.3, 0.4) is 0 Å². The second-order valence-electron chi connectivity index (χ2n) is 8.98. The van der Waals surface area contributed by atoms with Gasteiger partial charge in [0.15, 0.2) is 0 Å². The summed E-state index contributed by atoms with van der Waals surface area (Å²) < 4.78 is 5.48. The Labute approximate surface area is 185 Å². The van der Waals surface area contributed by atoms with Crippen molar-refractivity contribution in [3.05, 3.63) is 23.8 Å². The zero-order valence-corrected chi connectivity index (χ0v) is 19.2. The lowest BCUT2D eigenvalue weighted by Gasteiger charge is -2.40. The first-order valence-corrected chi connectivity index (χ1v) is 11.3. The topological polar surface area (TPSA) is 99.9 Å². The summed E-state index contributed by atoms with van der Waals surface area (Å²) >= 11 is 0. The van der Waals surface area contributed by atoms with Crippen LogP contribution in [0.1, 0.15) is 45.6 Å². The van der Waals surface area contributed by atoms with Gasteiger partial charge in [-0.05, 0) is 70.4 Å². The second kappa shape index (κ2) is 10.4. The number of benzene rings is 1. The van der Waals surface area contributed by atoms with Gasteiger partial charge in [0.05, 0.1) is 23.5 Å². The van der Waals surface area contributed by atoms with E-state index in [0.29, 0.717) is 24.7 Å². The zero-order chi connectivity index (χ0) is 22.5. The highest BCUT2D eigenvalue weighted by molar-refractivity contribution is 6.02. The van der Waals surface area contributed by atoms with Crippen LogP contribution in [-0.2, 0) is 9.53 Å². The Morgan fingerprint density at radius 2 is 2.10 bits per heavy atom. The van der Waals surface area contributed by atoms with E-state index >= 15 is 0 Å². The number of hydrogen-bond donors (Lipinski definition) is 3. The van der Waals surface area contributed by atoms with E-state index in [1.807, 2.05) is 39.0 Å². The number of anilines is 2. The highest BCUT2D eigenvalue weighted by Crippen LogP contribution is 2.38. The fourth-order valence-electron chi connectivity index (χ4n) is 4.50. The molecule has 1 fully saturated rings. The number of nitrogens with one attached hydrogen (secondary N) is 2. The number of carbonyl (C=O) groups is 2. The standard InChI is InChI=1S/C23H37N5O3/c1-15(2)31-23(30)27-14-16(3)28(17(4)29)21-6-5-19(9-22(21)27)20(10-24)13-26-12-18-7-8-25-11-18/h5-6,9,15-16,18,20,25-26H,7-8,10-14,24H2,1-4H3/t16-,18-,20?/m0/s1. The fourth-order valence-corrected chi connectivity index (χ4v) is 4.50. The normalized spacial score (nSPS) is 21.9. The molecule has 3 atom stereocenters. The lowest BCUT2D eigenvalue weighted by molar-refractivity contribution is -0.117. The Hall–Kier alpha value is -2.16. The van der Waals surface area contributed by atoms with Gasteiger partial charge in [0, 0.05) is 32.5 Å². The van der Waals surface area contributed by atoms with Gasteiger partial charge in [-0.1, -0.05) is 6.07 Å². The average molecular weight is 432 g/mol. The monoisotopic (exact) mass is 431 g/mol. The molecular weight excluding hydrogens is 394 g/mol. The van der Waals surface area contributed by atoms with Crippen LogP contribution in [0.4, 0.5) is 16.2 Å². The van der Waals surface area contributed by atoms with Crippen LogP contribution in [0.5, 0.6) is 0 Å². The van der Waals surface area contributed by atoms with E-state index in [1.54, 1.807) is 16.7 Å². The Kier molecular flexibility index (Phi) is 7.91. The molecule has 8 nitrogen and oxygen atoms in total. The first kappa shape index (κ1) is 23.5. The minimum Gasteiger partial charge on any atom is -0.446 e. The molecule has 1 unspecified atom stereocenters. The van der Waals surface area contributed by atoms with Crippen LogP contribution in [0, 0.1) is 5.92 Å². The van der Waals surface area contributed by atoms with Gasteiger partial charge in [0.1, 0.15) is 0 Å². The molecule has 31 heavy (non-hydrogen) atoms. The third-order valence-corrected chi connectivity index (χ3v) is 6.08. The van der Waals surface area contributed by atoms with Crippen molar-refractivity contribution in [2.45, 2.75) is 52.2 Å². The van der Waals surface area contributed by atoms with Gasteiger partial charge >= 0.3 is 6.09 Å². The maximum Gasteiger partial charge on any atom is 0.414 e. The van der Waals surface area contributed by atoms with Crippen molar-refractivity contribution >= 4 is 23.4 Å². The van der Waals surface area contributed by atoms with Crippen molar-refractivity contribution in [2.24, 2.45) is 11.7 Å². The van der Waals surface area contributed by atoms with E-state index in [4.69, 9.17) is 10.5 Å². The molecular formula is C23H37N5O3. The number of rotatable bonds is 7. The molecule has 8 heteroatoms. The number of amides is 2. The molecule has 2 aliphatic rings. The van der Waals surface area contributed by atoms with E-state index in [1.165, 1.54) is 6.42 Å². The van der Waals surface area contributed by atoms with Gasteiger partial charge in [0.2, 0.25) is 5.91 Å². The molecule has 0 spiro atoms. The van der Waals surface area contributed by atoms with Crippen molar-refractivity contribution in [3.63, 3.8) is 0 Å². The van der Waals surface area contributed by atoms with E-state index in [2.05, 4.69) is 10.6 Å². The van der Waals surface area contributed by atoms with Crippen molar-refractivity contribution in [1.82, 2.24) is 10.6 Å². The first-order chi connectivity index (χ1) is 14.8. The molecule has 0 radical (unpaired) electrons.